The molecule has 0 radical (unpaired) electrons. The van der Waals surface area contributed by atoms with Gasteiger partial charge in [-0.05, 0) is 24.6 Å². The summed E-state index contributed by atoms with van der Waals surface area (Å²) >= 11 is 6.00. The van der Waals surface area contributed by atoms with E-state index in [4.69, 9.17) is 17.3 Å². The second-order valence-corrected chi connectivity index (χ2v) is 4.40. The highest BCUT2D eigenvalue weighted by atomic mass is 35.5. The number of hydrogen-bond donors (Lipinski definition) is 3. The molecule has 0 saturated carbocycles. The van der Waals surface area contributed by atoms with Gasteiger partial charge in [-0.15, -0.1) is 0 Å². The summed E-state index contributed by atoms with van der Waals surface area (Å²) in [5.41, 5.74) is 7.44. The summed E-state index contributed by atoms with van der Waals surface area (Å²) in [6.45, 7) is 1.59. The van der Waals surface area contributed by atoms with Gasteiger partial charge in [0.2, 0.25) is 11.8 Å². The van der Waals surface area contributed by atoms with E-state index < -0.39 is 6.04 Å². The molecule has 17 heavy (non-hydrogen) atoms. The molecular weight excluding hydrogens is 242 g/mol. The molecule has 1 aromatic rings. The van der Waals surface area contributed by atoms with Gasteiger partial charge in [-0.2, -0.15) is 0 Å². The molecule has 0 aliphatic carbocycles. The standard InChI is InChI=1S/C11H12ClN3O2/c1-5(13)11(17)15-9-2-6-3-10(16)14-8(6)4-7(9)12/h2,4-5H,3,13H2,1H3,(H,14,16)(H,15,17)/t5-/m0/s1. The van der Waals surface area contributed by atoms with E-state index in [1.54, 1.807) is 19.1 Å². The maximum atomic E-state index is 11.5. The van der Waals surface area contributed by atoms with Crippen LogP contribution in [0.1, 0.15) is 12.5 Å². The van der Waals surface area contributed by atoms with Gasteiger partial charge in [0.05, 0.1) is 23.2 Å². The maximum Gasteiger partial charge on any atom is 0.241 e. The van der Waals surface area contributed by atoms with Crippen molar-refractivity contribution in [2.24, 2.45) is 5.73 Å². The lowest BCUT2D eigenvalue weighted by Gasteiger charge is -2.11. The lowest BCUT2D eigenvalue weighted by Crippen LogP contribution is -2.32. The summed E-state index contributed by atoms with van der Waals surface area (Å²) in [5, 5.41) is 5.67. The molecular formula is C11H12ClN3O2. The average molecular weight is 254 g/mol. The third kappa shape index (κ3) is 2.40. The zero-order valence-electron chi connectivity index (χ0n) is 9.21. The molecule has 5 nitrogen and oxygen atoms in total. The Kier molecular flexibility index (Phi) is 3.04. The SMILES string of the molecule is C[C@H](N)C(=O)Nc1cc2c(cc1Cl)NC(=O)C2. The molecule has 0 fully saturated rings. The Morgan fingerprint density at radius 2 is 2.29 bits per heavy atom. The molecule has 4 N–H and O–H groups in total. The molecule has 1 heterocycles. The number of halogens is 1. The van der Waals surface area contributed by atoms with Crippen LogP contribution in [0, 0.1) is 0 Å². The van der Waals surface area contributed by atoms with Gasteiger partial charge >= 0.3 is 0 Å². The zero-order valence-corrected chi connectivity index (χ0v) is 9.97. The van der Waals surface area contributed by atoms with Crippen molar-refractivity contribution < 1.29 is 9.59 Å². The molecule has 0 spiro atoms. The number of nitrogens with two attached hydrogens (primary N) is 1. The van der Waals surface area contributed by atoms with Crippen LogP contribution in [-0.4, -0.2) is 17.9 Å². The van der Waals surface area contributed by atoms with Gasteiger partial charge in [0.15, 0.2) is 0 Å². The Bertz CT molecular complexity index is 500. The summed E-state index contributed by atoms with van der Waals surface area (Å²) in [6.07, 6.45) is 0.299. The first-order valence-electron chi connectivity index (χ1n) is 5.16. The van der Waals surface area contributed by atoms with E-state index in [-0.39, 0.29) is 11.8 Å². The van der Waals surface area contributed by atoms with Gasteiger partial charge in [0, 0.05) is 5.69 Å². The first-order chi connectivity index (χ1) is 7.97. The van der Waals surface area contributed by atoms with Gasteiger partial charge in [-0.3, -0.25) is 9.59 Å². The third-order valence-corrected chi connectivity index (χ3v) is 2.80. The van der Waals surface area contributed by atoms with Gasteiger partial charge in [-0.1, -0.05) is 11.6 Å². The first kappa shape index (κ1) is 11.9. The van der Waals surface area contributed by atoms with Gasteiger partial charge in [0.25, 0.3) is 0 Å². The summed E-state index contributed by atoms with van der Waals surface area (Å²) in [6, 6.07) is 2.70. The first-order valence-corrected chi connectivity index (χ1v) is 5.54. The highest BCUT2D eigenvalue weighted by Gasteiger charge is 2.20. The Morgan fingerprint density at radius 1 is 1.59 bits per heavy atom. The number of amides is 2. The van der Waals surface area contributed by atoms with E-state index in [1.807, 2.05) is 0 Å². The fourth-order valence-corrected chi connectivity index (χ4v) is 1.80. The number of nitrogens with one attached hydrogen (secondary N) is 2. The zero-order chi connectivity index (χ0) is 12.6. The topological polar surface area (TPSA) is 84.2 Å². The highest BCUT2D eigenvalue weighted by Crippen LogP contribution is 2.32. The molecule has 0 unspecified atom stereocenters. The normalized spacial score (nSPS) is 15.1. The molecule has 1 aliphatic heterocycles. The maximum absolute atomic E-state index is 11.5. The molecule has 90 valence electrons. The van der Waals surface area contributed by atoms with Crippen LogP contribution in [0.25, 0.3) is 0 Å². The quantitative estimate of drug-likeness (QED) is 0.738. The number of hydrogen-bond acceptors (Lipinski definition) is 3. The lowest BCUT2D eigenvalue weighted by molar-refractivity contribution is -0.117. The van der Waals surface area contributed by atoms with Crippen LogP contribution in [0.5, 0.6) is 0 Å². The molecule has 6 heteroatoms. The minimum atomic E-state index is -0.612. The van der Waals surface area contributed by atoms with E-state index in [0.29, 0.717) is 22.8 Å². The van der Waals surface area contributed by atoms with Crippen LogP contribution < -0.4 is 16.4 Å². The Hall–Kier alpha value is -1.59. The van der Waals surface area contributed by atoms with Crippen molar-refractivity contribution in [2.45, 2.75) is 19.4 Å². The molecule has 0 aromatic heterocycles. The molecule has 1 atom stereocenters. The molecule has 0 saturated heterocycles. The van der Waals surface area contributed by atoms with E-state index in [0.717, 1.165) is 5.56 Å². The van der Waals surface area contributed by atoms with Crippen LogP contribution in [0.2, 0.25) is 5.02 Å². The number of anilines is 2. The fourth-order valence-electron chi connectivity index (χ4n) is 1.59. The Labute approximate surface area is 103 Å². The Morgan fingerprint density at radius 3 is 2.94 bits per heavy atom. The number of fused-ring (bicyclic) bond motifs is 1. The number of carbonyl (C=O) groups is 2. The monoisotopic (exact) mass is 253 g/mol. The van der Waals surface area contributed by atoms with E-state index in [2.05, 4.69) is 10.6 Å². The fraction of sp³-hybridized carbons (Fsp3) is 0.273. The largest absolute Gasteiger partial charge is 0.325 e. The van der Waals surface area contributed by atoms with Crippen molar-refractivity contribution in [2.75, 3.05) is 10.6 Å². The summed E-state index contributed by atoms with van der Waals surface area (Å²) in [5.74, 6) is -0.393. The van der Waals surface area contributed by atoms with Crippen LogP contribution >= 0.6 is 11.6 Å². The highest BCUT2D eigenvalue weighted by molar-refractivity contribution is 6.34. The molecule has 2 rings (SSSR count). The molecule has 0 bridgehead atoms. The van der Waals surface area contributed by atoms with Crippen LogP contribution in [-0.2, 0) is 16.0 Å². The number of rotatable bonds is 2. The molecule has 2 amide bonds. The molecule has 1 aliphatic rings. The van der Waals surface area contributed by atoms with E-state index >= 15 is 0 Å². The molecule has 1 aromatic carbocycles. The van der Waals surface area contributed by atoms with E-state index in [1.165, 1.54) is 0 Å². The third-order valence-electron chi connectivity index (χ3n) is 2.49. The van der Waals surface area contributed by atoms with Crippen LogP contribution in [0.4, 0.5) is 11.4 Å². The minimum Gasteiger partial charge on any atom is -0.325 e. The number of benzene rings is 1. The van der Waals surface area contributed by atoms with E-state index in [9.17, 15) is 9.59 Å². The Balaban J connectivity index is 2.28. The second-order valence-electron chi connectivity index (χ2n) is 3.99. The predicted octanol–water partition coefficient (Wildman–Crippen LogP) is 1.12. The van der Waals surface area contributed by atoms with Gasteiger partial charge < -0.3 is 16.4 Å². The van der Waals surface area contributed by atoms with Gasteiger partial charge in [0.1, 0.15) is 0 Å². The lowest BCUT2D eigenvalue weighted by atomic mass is 10.1. The smallest absolute Gasteiger partial charge is 0.241 e. The summed E-state index contributed by atoms with van der Waals surface area (Å²) in [7, 11) is 0. The van der Waals surface area contributed by atoms with Crippen molar-refractivity contribution in [3.05, 3.63) is 22.7 Å². The predicted molar refractivity (Wildman–Crippen MR) is 66.1 cm³/mol. The van der Waals surface area contributed by atoms with Crippen molar-refractivity contribution in [1.82, 2.24) is 0 Å². The van der Waals surface area contributed by atoms with Crippen molar-refractivity contribution >= 4 is 34.8 Å². The number of carbonyl (C=O) groups excluding carboxylic acids is 2. The van der Waals surface area contributed by atoms with Crippen molar-refractivity contribution in [3.63, 3.8) is 0 Å². The van der Waals surface area contributed by atoms with Crippen molar-refractivity contribution in [1.29, 1.82) is 0 Å². The minimum absolute atomic E-state index is 0.0771. The van der Waals surface area contributed by atoms with Crippen molar-refractivity contribution in [3.8, 4) is 0 Å². The summed E-state index contributed by atoms with van der Waals surface area (Å²) < 4.78 is 0. The van der Waals surface area contributed by atoms with Crippen LogP contribution in [0.3, 0.4) is 0 Å². The summed E-state index contributed by atoms with van der Waals surface area (Å²) in [4.78, 5) is 22.6. The average Bonchev–Trinajstić information content (AvgIpc) is 2.57. The second kappa shape index (κ2) is 4.35. The van der Waals surface area contributed by atoms with Crippen LogP contribution in [0.15, 0.2) is 12.1 Å². The van der Waals surface area contributed by atoms with Gasteiger partial charge in [-0.25, -0.2) is 0 Å².